The van der Waals surface area contributed by atoms with Crippen molar-refractivity contribution in [2.45, 2.75) is 63.8 Å². The van der Waals surface area contributed by atoms with Crippen LogP contribution in [0.5, 0.6) is 0 Å². The number of rotatable bonds is 7. The van der Waals surface area contributed by atoms with E-state index >= 15 is 0 Å². The first kappa shape index (κ1) is 18.0. The molecule has 4 unspecified atom stereocenters. The van der Waals surface area contributed by atoms with Crippen LogP contribution in [0.3, 0.4) is 0 Å². The van der Waals surface area contributed by atoms with Crippen molar-refractivity contribution < 1.29 is 9.53 Å². The van der Waals surface area contributed by atoms with Crippen LogP contribution >= 0.6 is 0 Å². The Morgan fingerprint density at radius 2 is 2.00 bits per heavy atom. The van der Waals surface area contributed by atoms with Gasteiger partial charge in [-0.2, -0.15) is 0 Å². The quantitative estimate of drug-likeness (QED) is 0.840. The minimum absolute atomic E-state index is 0.0586. The van der Waals surface area contributed by atoms with Gasteiger partial charge in [0.05, 0.1) is 18.2 Å². The number of hydrogen-bond donors (Lipinski definition) is 1. The van der Waals surface area contributed by atoms with Gasteiger partial charge in [-0.05, 0) is 52.8 Å². The zero-order valence-corrected chi connectivity index (χ0v) is 14.8. The average molecular weight is 318 g/mol. The van der Waals surface area contributed by atoms with E-state index in [4.69, 9.17) is 4.74 Å². The second kappa shape index (κ2) is 8.46. The molecule has 1 aliphatic heterocycles. The Labute approximate surface area is 140 Å². The van der Waals surface area contributed by atoms with Crippen LogP contribution in [-0.4, -0.2) is 43.2 Å². The van der Waals surface area contributed by atoms with Gasteiger partial charge in [0.2, 0.25) is 5.91 Å². The largest absolute Gasteiger partial charge is 0.375 e. The van der Waals surface area contributed by atoms with Crippen LogP contribution in [0.2, 0.25) is 0 Å². The molecule has 2 rings (SSSR count). The van der Waals surface area contributed by atoms with Crippen molar-refractivity contribution >= 4 is 5.91 Å². The van der Waals surface area contributed by atoms with E-state index < -0.39 is 0 Å². The van der Waals surface area contributed by atoms with Gasteiger partial charge in [0.15, 0.2) is 0 Å². The molecular weight excluding hydrogens is 288 g/mol. The minimum atomic E-state index is 0.0586. The number of hydrogen-bond acceptors (Lipinski definition) is 3. The molecule has 0 aromatic heterocycles. The summed E-state index contributed by atoms with van der Waals surface area (Å²) in [6, 6.07) is 10.5. The summed E-state index contributed by atoms with van der Waals surface area (Å²) in [5, 5.41) is 3.16. The summed E-state index contributed by atoms with van der Waals surface area (Å²) >= 11 is 0. The highest BCUT2D eigenvalue weighted by molar-refractivity contribution is 5.76. The molecule has 128 valence electrons. The molecule has 0 saturated carbocycles. The number of likely N-dealkylation sites (N-methyl/N-ethyl adjacent to an activating group) is 1. The van der Waals surface area contributed by atoms with Crippen molar-refractivity contribution in [3.63, 3.8) is 0 Å². The molecule has 0 bridgehead atoms. The van der Waals surface area contributed by atoms with Crippen molar-refractivity contribution in [1.29, 1.82) is 0 Å². The summed E-state index contributed by atoms with van der Waals surface area (Å²) in [6.07, 6.45) is 4.15. The highest BCUT2D eigenvalue weighted by atomic mass is 16.5. The summed E-state index contributed by atoms with van der Waals surface area (Å²) in [5.41, 5.74) is 1.22. The minimum Gasteiger partial charge on any atom is -0.375 e. The lowest BCUT2D eigenvalue weighted by molar-refractivity contribution is -0.122. The number of nitrogens with zero attached hydrogens (tertiary/aromatic N) is 1. The van der Waals surface area contributed by atoms with E-state index in [0.29, 0.717) is 12.5 Å². The van der Waals surface area contributed by atoms with E-state index in [2.05, 4.69) is 36.2 Å². The van der Waals surface area contributed by atoms with Crippen LogP contribution in [0.1, 0.15) is 51.1 Å². The molecule has 4 heteroatoms. The van der Waals surface area contributed by atoms with E-state index in [1.165, 1.54) is 5.56 Å². The van der Waals surface area contributed by atoms with Crippen LogP contribution in [0, 0.1) is 0 Å². The van der Waals surface area contributed by atoms with Crippen LogP contribution in [0.15, 0.2) is 30.3 Å². The first-order chi connectivity index (χ1) is 11.0. The van der Waals surface area contributed by atoms with Crippen molar-refractivity contribution in [3.05, 3.63) is 35.9 Å². The van der Waals surface area contributed by atoms with Crippen LogP contribution < -0.4 is 5.32 Å². The lowest BCUT2D eigenvalue weighted by Crippen LogP contribution is -2.42. The van der Waals surface area contributed by atoms with E-state index in [1.807, 2.05) is 32.3 Å². The van der Waals surface area contributed by atoms with E-state index in [1.54, 1.807) is 0 Å². The zero-order chi connectivity index (χ0) is 16.8. The number of benzene rings is 1. The van der Waals surface area contributed by atoms with Crippen LogP contribution in [0.4, 0.5) is 0 Å². The predicted octanol–water partition coefficient (Wildman–Crippen LogP) is 3.14. The summed E-state index contributed by atoms with van der Waals surface area (Å²) in [4.78, 5) is 14.4. The Morgan fingerprint density at radius 3 is 2.57 bits per heavy atom. The van der Waals surface area contributed by atoms with Gasteiger partial charge in [-0.3, -0.25) is 4.79 Å². The maximum absolute atomic E-state index is 12.3. The third-order valence-corrected chi connectivity index (χ3v) is 4.57. The van der Waals surface area contributed by atoms with E-state index in [9.17, 15) is 4.79 Å². The number of amides is 1. The Morgan fingerprint density at radius 1 is 1.30 bits per heavy atom. The molecule has 0 radical (unpaired) electrons. The van der Waals surface area contributed by atoms with Gasteiger partial charge in [-0.25, -0.2) is 0 Å². The monoisotopic (exact) mass is 318 g/mol. The normalized spacial score (nSPS) is 23.7. The maximum Gasteiger partial charge on any atom is 0.220 e. The summed E-state index contributed by atoms with van der Waals surface area (Å²) < 4.78 is 5.78. The van der Waals surface area contributed by atoms with Gasteiger partial charge >= 0.3 is 0 Å². The van der Waals surface area contributed by atoms with Crippen LogP contribution in [-0.2, 0) is 9.53 Å². The molecule has 4 atom stereocenters. The Balaban J connectivity index is 1.85. The smallest absolute Gasteiger partial charge is 0.220 e. The Hall–Kier alpha value is -1.39. The van der Waals surface area contributed by atoms with Gasteiger partial charge in [0.1, 0.15) is 0 Å². The average Bonchev–Trinajstić information content (AvgIpc) is 2.91. The second-order valence-corrected chi connectivity index (χ2v) is 6.86. The third kappa shape index (κ3) is 5.33. The molecule has 1 N–H and O–H groups in total. The predicted molar refractivity (Wildman–Crippen MR) is 93.3 cm³/mol. The standard InChI is InChI=1S/C19H30N2O2/c1-14-10-11-17(23-14)12-13-18(22)20-15(2)19(21(3)4)16-8-6-5-7-9-16/h5-9,14-15,17,19H,10-13H2,1-4H3,(H,20,22). The van der Waals surface area contributed by atoms with Crippen molar-refractivity contribution in [3.8, 4) is 0 Å². The Kier molecular flexibility index (Phi) is 6.60. The number of nitrogens with one attached hydrogen (secondary N) is 1. The lowest BCUT2D eigenvalue weighted by Gasteiger charge is -2.31. The van der Waals surface area contributed by atoms with Crippen molar-refractivity contribution in [2.24, 2.45) is 0 Å². The molecule has 1 amide bonds. The molecule has 1 saturated heterocycles. The van der Waals surface area contributed by atoms with E-state index in [0.717, 1.165) is 19.3 Å². The van der Waals surface area contributed by atoms with Crippen LogP contribution in [0.25, 0.3) is 0 Å². The van der Waals surface area contributed by atoms with Gasteiger partial charge in [-0.1, -0.05) is 30.3 Å². The highest BCUT2D eigenvalue weighted by Crippen LogP contribution is 2.24. The van der Waals surface area contributed by atoms with Gasteiger partial charge < -0.3 is 15.0 Å². The fourth-order valence-electron chi connectivity index (χ4n) is 3.48. The first-order valence-corrected chi connectivity index (χ1v) is 8.63. The highest BCUT2D eigenvalue weighted by Gasteiger charge is 2.25. The lowest BCUT2D eigenvalue weighted by atomic mass is 9.99. The third-order valence-electron chi connectivity index (χ3n) is 4.57. The number of carbonyl (C=O) groups is 1. The second-order valence-electron chi connectivity index (χ2n) is 6.86. The van der Waals surface area contributed by atoms with Crippen molar-refractivity contribution in [1.82, 2.24) is 10.2 Å². The molecule has 4 nitrogen and oxygen atoms in total. The molecule has 1 aromatic rings. The van der Waals surface area contributed by atoms with Gasteiger partial charge in [0.25, 0.3) is 0 Å². The Bertz CT molecular complexity index is 489. The number of carbonyl (C=O) groups excluding carboxylic acids is 1. The topological polar surface area (TPSA) is 41.6 Å². The van der Waals surface area contributed by atoms with Gasteiger partial charge in [0, 0.05) is 12.5 Å². The SMILES string of the molecule is CC1CCC(CCC(=O)NC(C)C(c2ccccc2)N(C)C)O1. The molecule has 1 aliphatic rings. The van der Waals surface area contributed by atoms with E-state index in [-0.39, 0.29) is 24.1 Å². The van der Waals surface area contributed by atoms with Gasteiger partial charge in [-0.15, -0.1) is 0 Å². The summed E-state index contributed by atoms with van der Waals surface area (Å²) in [7, 11) is 4.10. The molecule has 1 heterocycles. The fourth-order valence-corrected chi connectivity index (χ4v) is 3.48. The first-order valence-electron chi connectivity index (χ1n) is 8.63. The number of ether oxygens (including phenoxy) is 1. The maximum atomic E-state index is 12.3. The molecule has 1 aromatic carbocycles. The summed E-state index contributed by atoms with van der Waals surface area (Å²) in [5.74, 6) is 0.114. The summed E-state index contributed by atoms with van der Waals surface area (Å²) in [6.45, 7) is 4.17. The molecule has 23 heavy (non-hydrogen) atoms. The molecule has 1 fully saturated rings. The van der Waals surface area contributed by atoms with Crippen molar-refractivity contribution in [2.75, 3.05) is 14.1 Å². The fraction of sp³-hybridized carbons (Fsp3) is 0.632. The molecular formula is C19H30N2O2. The zero-order valence-electron chi connectivity index (χ0n) is 14.8. The molecule has 0 spiro atoms. The molecule has 0 aliphatic carbocycles.